The molecular weight excluding hydrogens is 148 g/mol. The number of alkyl halides is 2. The fourth-order valence-corrected chi connectivity index (χ4v) is 1.40. The van der Waals surface area contributed by atoms with E-state index in [4.69, 9.17) is 0 Å². The summed E-state index contributed by atoms with van der Waals surface area (Å²) in [6.45, 7) is 0. The molecule has 0 spiro atoms. The highest BCUT2D eigenvalue weighted by molar-refractivity contribution is 5.32. The van der Waals surface area contributed by atoms with E-state index in [0.29, 0.717) is 6.42 Å². The molecule has 0 aliphatic heterocycles. The number of halogens is 2. The quantitative estimate of drug-likeness (QED) is 0.559. The van der Waals surface area contributed by atoms with E-state index >= 15 is 0 Å². The summed E-state index contributed by atoms with van der Waals surface area (Å²) in [6, 6.07) is 1.66. The van der Waals surface area contributed by atoms with Gasteiger partial charge >= 0.3 is 0 Å². The maximum Gasteiger partial charge on any atom is 0.275 e. The van der Waals surface area contributed by atoms with Gasteiger partial charge in [-0.05, 0) is 18.1 Å². The average Bonchev–Trinajstić information content (AvgIpc) is 2.29. The predicted octanol–water partition coefficient (Wildman–Crippen LogP) is 2.12. The van der Waals surface area contributed by atoms with Gasteiger partial charge in [0.15, 0.2) is 0 Å². The second-order valence-electron chi connectivity index (χ2n) is 2.74. The molecule has 0 aromatic carbocycles. The monoisotopic (exact) mass is 155 g/mol. The molecule has 1 nitrogen and oxygen atoms in total. The lowest BCUT2D eigenvalue weighted by atomic mass is 10.2. The van der Waals surface area contributed by atoms with Crippen LogP contribution in [-0.2, 0) is 12.3 Å². The Hall–Kier alpha value is -0.990. The van der Waals surface area contributed by atoms with E-state index in [2.05, 4.69) is 4.98 Å². The lowest BCUT2D eigenvalue weighted by Gasteiger charge is -2.07. The Morgan fingerprint density at radius 2 is 2.27 bits per heavy atom. The molecule has 1 aliphatic rings. The fourth-order valence-electron chi connectivity index (χ4n) is 1.40. The van der Waals surface area contributed by atoms with E-state index in [1.165, 1.54) is 6.20 Å². The number of aryl methyl sites for hydroxylation is 1. The molecule has 11 heavy (non-hydrogen) atoms. The molecule has 0 bridgehead atoms. The van der Waals surface area contributed by atoms with Crippen molar-refractivity contribution in [2.45, 2.75) is 18.8 Å². The van der Waals surface area contributed by atoms with Crippen LogP contribution in [0.2, 0.25) is 0 Å². The van der Waals surface area contributed by atoms with Crippen LogP contribution in [0.25, 0.3) is 0 Å². The highest BCUT2D eigenvalue weighted by Crippen LogP contribution is 2.40. The van der Waals surface area contributed by atoms with Crippen LogP contribution >= 0.6 is 0 Å². The predicted molar refractivity (Wildman–Crippen MR) is 36.5 cm³/mol. The second kappa shape index (κ2) is 2.00. The third-order valence-corrected chi connectivity index (χ3v) is 2.01. The van der Waals surface area contributed by atoms with Crippen molar-refractivity contribution in [3.8, 4) is 0 Å². The molecule has 0 radical (unpaired) electrons. The summed E-state index contributed by atoms with van der Waals surface area (Å²) >= 11 is 0. The zero-order valence-electron chi connectivity index (χ0n) is 5.85. The molecule has 0 unspecified atom stereocenters. The number of fused-ring (bicyclic) bond motifs is 1. The molecule has 0 fully saturated rings. The van der Waals surface area contributed by atoms with E-state index in [-0.39, 0.29) is 12.0 Å². The van der Waals surface area contributed by atoms with Gasteiger partial charge in [0.25, 0.3) is 5.92 Å². The molecule has 1 aromatic rings. The van der Waals surface area contributed by atoms with Crippen LogP contribution in [0.1, 0.15) is 17.5 Å². The molecule has 0 saturated heterocycles. The summed E-state index contributed by atoms with van der Waals surface area (Å²) in [7, 11) is 0. The van der Waals surface area contributed by atoms with Gasteiger partial charge in [-0.3, -0.25) is 4.98 Å². The average molecular weight is 155 g/mol. The molecule has 0 N–H and O–H groups in total. The summed E-state index contributed by atoms with van der Waals surface area (Å²) < 4.78 is 25.8. The highest BCUT2D eigenvalue weighted by Gasteiger charge is 2.38. The van der Waals surface area contributed by atoms with Crippen molar-refractivity contribution in [2.24, 2.45) is 0 Å². The van der Waals surface area contributed by atoms with Gasteiger partial charge in [-0.25, -0.2) is 8.78 Å². The van der Waals surface area contributed by atoms with Gasteiger partial charge < -0.3 is 0 Å². The summed E-state index contributed by atoms with van der Waals surface area (Å²) in [5, 5.41) is 0. The lowest BCUT2D eigenvalue weighted by molar-refractivity contribution is -0.00211. The third kappa shape index (κ3) is 0.914. The van der Waals surface area contributed by atoms with Gasteiger partial charge in [0.05, 0.1) is 0 Å². The normalized spacial score (nSPS) is 19.8. The molecule has 1 aromatic heterocycles. The van der Waals surface area contributed by atoms with Crippen molar-refractivity contribution < 1.29 is 8.78 Å². The van der Waals surface area contributed by atoms with Gasteiger partial charge in [-0.15, -0.1) is 0 Å². The number of rotatable bonds is 0. The first kappa shape index (κ1) is 6.70. The maximum absolute atomic E-state index is 12.9. The lowest BCUT2D eigenvalue weighted by Crippen LogP contribution is -2.07. The van der Waals surface area contributed by atoms with Crippen LogP contribution in [0.3, 0.4) is 0 Å². The SMILES string of the molecule is FC1(F)CCc2ccncc21. The van der Waals surface area contributed by atoms with Crippen LogP contribution in [-0.4, -0.2) is 4.98 Å². The Balaban J connectivity index is 2.56. The third-order valence-electron chi connectivity index (χ3n) is 2.01. The first-order valence-electron chi connectivity index (χ1n) is 3.51. The number of hydrogen-bond acceptors (Lipinski definition) is 1. The fraction of sp³-hybridized carbons (Fsp3) is 0.375. The molecule has 1 heterocycles. The van der Waals surface area contributed by atoms with Crippen molar-refractivity contribution in [1.29, 1.82) is 0 Å². The van der Waals surface area contributed by atoms with Crippen molar-refractivity contribution in [2.75, 3.05) is 0 Å². The topological polar surface area (TPSA) is 12.9 Å². The van der Waals surface area contributed by atoms with Crippen LogP contribution in [0.5, 0.6) is 0 Å². The smallest absolute Gasteiger partial charge is 0.264 e. The Morgan fingerprint density at radius 3 is 3.00 bits per heavy atom. The second-order valence-corrected chi connectivity index (χ2v) is 2.74. The Kier molecular flexibility index (Phi) is 1.22. The number of nitrogens with zero attached hydrogens (tertiary/aromatic N) is 1. The molecule has 0 amide bonds. The minimum absolute atomic E-state index is 0.0615. The van der Waals surface area contributed by atoms with Crippen LogP contribution in [0.4, 0.5) is 8.78 Å². The molecule has 2 rings (SSSR count). The largest absolute Gasteiger partial charge is 0.275 e. The maximum atomic E-state index is 12.9. The van der Waals surface area contributed by atoms with E-state index in [0.717, 1.165) is 5.56 Å². The molecule has 0 atom stereocenters. The van der Waals surface area contributed by atoms with Gasteiger partial charge in [0, 0.05) is 24.4 Å². The summed E-state index contributed by atoms with van der Waals surface area (Å²) in [5.74, 6) is -2.64. The van der Waals surface area contributed by atoms with E-state index in [1.807, 2.05) is 0 Å². The van der Waals surface area contributed by atoms with E-state index < -0.39 is 5.92 Å². The number of pyridine rings is 1. The first-order chi connectivity index (χ1) is 5.20. The Morgan fingerprint density at radius 1 is 1.45 bits per heavy atom. The van der Waals surface area contributed by atoms with Gasteiger partial charge in [0.2, 0.25) is 0 Å². The summed E-state index contributed by atoms with van der Waals surface area (Å²) in [4.78, 5) is 3.67. The highest BCUT2D eigenvalue weighted by atomic mass is 19.3. The standard InChI is InChI=1S/C8H7F2N/c9-8(10)3-1-6-2-4-11-5-7(6)8/h2,4-5H,1,3H2. The van der Waals surface area contributed by atoms with Crippen molar-refractivity contribution in [3.63, 3.8) is 0 Å². The molecule has 1 aliphatic carbocycles. The summed E-state index contributed by atoms with van der Waals surface area (Å²) in [6.07, 6.45) is 3.24. The molecule has 58 valence electrons. The van der Waals surface area contributed by atoms with Crippen LogP contribution in [0, 0.1) is 0 Å². The van der Waals surface area contributed by atoms with Gasteiger partial charge in [0.1, 0.15) is 0 Å². The number of hydrogen-bond donors (Lipinski definition) is 0. The van der Waals surface area contributed by atoms with Crippen molar-refractivity contribution in [1.82, 2.24) is 4.98 Å². The zero-order chi connectivity index (χ0) is 7.90. The minimum atomic E-state index is -2.64. The Labute approximate surface area is 63.1 Å². The van der Waals surface area contributed by atoms with Crippen LogP contribution in [0.15, 0.2) is 18.5 Å². The van der Waals surface area contributed by atoms with E-state index in [1.54, 1.807) is 12.3 Å². The molecular formula is C8H7F2N. The van der Waals surface area contributed by atoms with Gasteiger partial charge in [-0.2, -0.15) is 0 Å². The van der Waals surface area contributed by atoms with E-state index in [9.17, 15) is 8.78 Å². The van der Waals surface area contributed by atoms with Crippen LogP contribution < -0.4 is 0 Å². The zero-order valence-corrected chi connectivity index (χ0v) is 5.85. The minimum Gasteiger partial charge on any atom is -0.264 e. The Bertz CT molecular complexity index is 283. The number of aromatic nitrogens is 1. The van der Waals surface area contributed by atoms with Crippen molar-refractivity contribution in [3.05, 3.63) is 29.6 Å². The first-order valence-corrected chi connectivity index (χ1v) is 3.51. The molecule has 3 heteroatoms. The summed E-state index contributed by atoms with van der Waals surface area (Å²) in [5.41, 5.74) is 0.852. The van der Waals surface area contributed by atoms with Gasteiger partial charge in [-0.1, -0.05) is 0 Å². The molecule has 0 saturated carbocycles. The van der Waals surface area contributed by atoms with Crippen molar-refractivity contribution >= 4 is 0 Å².